The van der Waals surface area contributed by atoms with Gasteiger partial charge in [-0.3, -0.25) is 9.13 Å². The molecular formula is C82H66N8. The molecule has 8 nitrogen and oxygen atoms in total. The number of pyridine rings is 1. The minimum Gasteiger partial charge on any atom is -0.305 e. The molecule has 0 amide bonds. The van der Waals surface area contributed by atoms with Crippen LogP contribution in [0.5, 0.6) is 0 Å². The first-order valence-corrected chi connectivity index (χ1v) is 33.4. The van der Waals surface area contributed by atoms with Gasteiger partial charge in [0.05, 0.1) is 44.1 Å². The third kappa shape index (κ3) is 7.02. The van der Waals surface area contributed by atoms with Gasteiger partial charge in [0.15, 0.2) is 17.5 Å². The van der Waals surface area contributed by atoms with Gasteiger partial charge in [-0.2, -0.15) is 0 Å². The topological polar surface area (TPSA) is 71.3 Å². The summed E-state index contributed by atoms with van der Waals surface area (Å²) in [6.07, 6.45) is 15.7. The Kier molecular flexibility index (Phi) is 10.3. The van der Waals surface area contributed by atoms with Gasteiger partial charge in [-0.1, -0.05) is 170 Å². The SMILES string of the molecule is c1ccc2c(c1)c1ccccc1n2-c1nc(-n2c3ccccc3c3ccccc32)c(-n2c3ccccc3c3ccccc32)c(-c2ccc(-c3nc(C45CC6CC(CC(C6)C4)C5)nc(C45CC6CC(CC(C6)C4)C5)n3)cc2)c1-n1c2ccccc2c2ccccc21. The van der Waals surface area contributed by atoms with Crippen molar-refractivity contribution in [1.29, 1.82) is 0 Å². The standard InChI is InChI=1S/C82H66N8/c1-9-25-65-57(17-1)58-18-2-10-26-66(58)87(65)74-73(55-33-35-56(36-34-55)76-83-79(81-43-49-37-50(44-81)39-51(38-49)45-81)86-80(84-76)82-46-52-40-53(47-82)42-54(41-52)48-82)75(88-67-27-11-3-19-59(67)60-20-4-12-28-68(60)88)78(90-71-31-15-7-23-63(71)64-24-8-16-32-72(64)90)85-77(74)89-69-29-13-5-21-61(69)62-22-6-14-30-70(62)89/h1-36,49-54H,37-48H2. The first kappa shape index (κ1) is 50.2. The highest BCUT2D eigenvalue weighted by atomic mass is 15.2. The van der Waals surface area contributed by atoms with Gasteiger partial charge >= 0.3 is 0 Å². The summed E-state index contributed by atoms with van der Waals surface area (Å²) in [5, 5.41) is 9.46. The number of rotatable bonds is 8. The minimum atomic E-state index is 0.0291. The Morgan fingerprint density at radius 2 is 0.500 bits per heavy atom. The Balaban J connectivity index is 0.921. The maximum Gasteiger partial charge on any atom is 0.165 e. The van der Waals surface area contributed by atoms with E-state index in [-0.39, 0.29) is 10.8 Å². The third-order valence-electron chi connectivity index (χ3n) is 23.4. The van der Waals surface area contributed by atoms with Gasteiger partial charge in [0, 0.05) is 65.0 Å². The number of benzene rings is 9. The highest BCUT2D eigenvalue weighted by molar-refractivity contribution is 6.15. The largest absolute Gasteiger partial charge is 0.305 e. The van der Waals surface area contributed by atoms with Gasteiger partial charge in [-0.15, -0.1) is 0 Å². The molecule has 0 aliphatic heterocycles. The molecule has 9 aromatic carbocycles. The number of hydrogen-bond acceptors (Lipinski definition) is 4. The van der Waals surface area contributed by atoms with Crippen molar-refractivity contribution < 1.29 is 0 Å². The molecule has 8 aliphatic carbocycles. The zero-order valence-electron chi connectivity index (χ0n) is 50.3. The molecule has 8 fully saturated rings. The van der Waals surface area contributed by atoms with Crippen LogP contribution in [-0.2, 0) is 10.8 Å². The second kappa shape index (κ2) is 18.5. The molecule has 8 aliphatic rings. The maximum absolute atomic E-state index is 6.48. The molecule has 0 unspecified atom stereocenters. The van der Waals surface area contributed by atoms with Crippen molar-refractivity contribution >= 4 is 87.2 Å². The Bertz CT molecular complexity index is 4940. The average molecular weight is 1160 g/mol. The molecule has 0 atom stereocenters. The Hall–Kier alpha value is -9.66. The van der Waals surface area contributed by atoms with Gasteiger partial charge in [0.1, 0.15) is 23.0 Å². The van der Waals surface area contributed by atoms with E-state index in [9.17, 15) is 0 Å². The molecule has 23 rings (SSSR count). The van der Waals surface area contributed by atoms with E-state index < -0.39 is 0 Å². The van der Waals surface area contributed by atoms with Crippen molar-refractivity contribution in [1.82, 2.24) is 38.2 Å². The van der Waals surface area contributed by atoms with Crippen molar-refractivity contribution in [2.24, 2.45) is 35.5 Å². The zero-order valence-corrected chi connectivity index (χ0v) is 50.3. The molecule has 90 heavy (non-hydrogen) atoms. The zero-order chi connectivity index (χ0) is 58.6. The van der Waals surface area contributed by atoms with Gasteiger partial charge < -0.3 is 9.13 Å². The minimum absolute atomic E-state index is 0.0291. The van der Waals surface area contributed by atoms with E-state index in [1.807, 2.05) is 0 Å². The summed E-state index contributed by atoms with van der Waals surface area (Å²) in [7, 11) is 0. The van der Waals surface area contributed by atoms with E-state index in [1.54, 1.807) is 0 Å². The Morgan fingerprint density at radius 1 is 0.256 bits per heavy atom. The van der Waals surface area contributed by atoms with Crippen LogP contribution in [0.3, 0.4) is 0 Å². The molecule has 8 bridgehead atoms. The molecule has 0 spiro atoms. The highest BCUT2D eigenvalue weighted by Gasteiger charge is 2.56. The molecule has 8 saturated carbocycles. The van der Waals surface area contributed by atoms with Crippen LogP contribution in [0.1, 0.15) is 88.7 Å². The van der Waals surface area contributed by atoms with E-state index in [4.69, 9.17) is 19.9 Å². The second-order valence-corrected chi connectivity index (χ2v) is 28.6. The monoisotopic (exact) mass is 1160 g/mol. The lowest BCUT2D eigenvalue weighted by Gasteiger charge is -2.57. The highest BCUT2D eigenvalue weighted by Crippen LogP contribution is 2.63. The second-order valence-electron chi connectivity index (χ2n) is 28.6. The van der Waals surface area contributed by atoms with Crippen molar-refractivity contribution in [3.63, 3.8) is 0 Å². The van der Waals surface area contributed by atoms with Crippen molar-refractivity contribution in [3.05, 3.63) is 230 Å². The predicted octanol–water partition coefficient (Wildman–Crippen LogP) is 19.9. The normalized spacial score (nSPS) is 24.2. The molecular weight excluding hydrogens is 1100 g/mol. The van der Waals surface area contributed by atoms with Crippen LogP contribution in [0, 0.1) is 35.5 Å². The van der Waals surface area contributed by atoms with Crippen LogP contribution in [0.15, 0.2) is 218 Å². The first-order chi connectivity index (χ1) is 44.5. The maximum atomic E-state index is 6.48. The summed E-state index contributed by atoms with van der Waals surface area (Å²) >= 11 is 0. The number of nitrogens with zero attached hydrogens (tertiary/aromatic N) is 8. The lowest BCUT2D eigenvalue weighted by molar-refractivity contribution is -0.0155. The molecule has 8 heteroatoms. The van der Waals surface area contributed by atoms with Crippen LogP contribution < -0.4 is 0 Å². The van der Waals surface area contributed by atoms with Crippen molar-refractivity contribution in [3.8, 4) is 45.5 Å². The molecule has 0 N–H and O–H groups in total. The van der Waals surface area contributed by atoms with E-state index in [1.165, 1.54) is 120 Å². The molecule has 434 valence electrons. The smallest absolute Gasteiger partial charge is 0.165 e. The summed E-state index contributed by atoms with van der Waals surface area (Å²) < 4.78 is 10.0. The fourth-order valence-electron chi connectivity index (χ4n) is 20.7. The molecule has 6 heterocycles. The lowest BCUT2D eigenvalue weighted by atomic mass is 9.49. The molecule has 0 saturated heterocycles. The van der Waals surface area contributed by atoms with Crippen LogP contribution >= 0.6 is 0 Å². The number of hydrogen-bond donors (Lipinski definition) is 0. The molecule has 15 aromatic rings. The summed E-state index contributed by atoms with van der Waals surface area (Å²) in [4.78, 5) is 24.1. The van der Waals surface area contributed by atoms with Crippen LogP contribution in [0.2, 0.25) is 0 Å². The van der Waals surface area contributed by atoms with E-state index in [0.717, 1.165) is 137 Å². The number of fused-ring (bicyclic) bond motifs is 12. The summed E-state index contributed by atoms with van der Waals surface area (Å²) in [6.45, 7) is 0. The van der Waals surface area contributed by atoms with Crippen molar-refractivity contribution in [2.45, 2.75) is 87.9 Å². The third-order valence-corrected chi connectivity index (χ3v) is 23.4. The summed E-state index contributed by atoms with van der Waals surface area (Å²) in [5.41, 5.74) is 14.0. The Labute approximate surface area is 521 Å². The van der Waals surface area contributed by atoms with Gasteiger partial charge in [0.2, 0.25) is 0 Å². The van der Waals surface area contributed by atoms with E-state index >= 15 is 0 Å². The molecule has 6 aromatic heterocycles. The molecule has 0 radical (unpaired) electrons. The Morgan fingerprint density at radius 3 is 0.778 bits per heavy atom. The number of para-hydroxylation sites is 8. The van der Waals surface area contributed by atoms with Gasteiger partial charge in [0.25, 0.3) is 0 Å². The predicted molar refractivity (Wildman–Crippen MR) is 366 cm³/mol. The van der Waals surface area contributed by atoms with Gasteiger partial charge in [-0.05, 0) is 167 Å². The fourth-order valence-corrected chi connectivity index (χ4v) is 20.7. The van der Waals surface area contributed by atoms with Crippen LogP contribution in [0.4, 0.5) is 0 Å². The quantitative estimate of drug-likeness (QED) is 0.152. The first-order valence-electron chi connectivity index (χ1n) is 33.4. The summed E-state index contributed by atoms with van der Waals surface area (Å²) in [6, 6.07) is 81.1. The van der Waals surface area contributed by atoms with Crippen LogP contribution in [-0.4, -0.2) is 38.2 Å². The van der Waals surface area contributed by atoms with E-state index in [0.29, 0.717) is 0 Å². The fraction of sp³-hybridized carbons (Fsp3) is 0.244. The average Bonchev–Trinajstić information content (AvgIpc) is 1.38. The van der Waals surface area contributed by atoms with Crippen LogP contribution in [0.25, 0.3) is 133 Å². The van der Waals surface area contributed by atoms with E-state index in [2.05, 4.69) is 237 Å². The summed E-state index contributed by atoms with van der Waals surface area (Å²) in [5.74, 6) is 9.45. The van der Waals surface area contributed by atoms with Crippen molar-refractivity contribution in [2.75, 3.05) is 0 Å². The lowest BCUT2D eigenvalue weighted by Crippen LogP contribution is -2.51. The van der Waals surface area contributed by atoms with Gasteiger partial charge in [-0.25, -0.2) is 19.9 Å². The number of aromatic nitrogens is 8.